The molecule has 0 N–H and O–H groups in total. The molecular formula is C22H30ClN5O3. The Labute approximate surface area is 187 Å². The first-order valence-electron chi connectivity index (χ1n) is 11.4. The number of nitrogens with zero attached hydrogens (tertiary/aromatic N) is 5. The maximum Gasteiger partial charge on any atom is 0.258 e. The fraction of sp³-hybridized carbons (Fsp3) is 0.727. The summed E-state index contributed by atoms with van der Waals surface area (Å²) in [7, 11) is 1.72. The zero-order chi connectivity index (χ0) is 22.0. The lowest BCUT2D eigenvalue weighted by atomic mass is 9.71. The van der Waals surface area contributed by atoms with Gasteiger partial charge in [0.2, 0.25) is 11.8 Å². The Kier molecular flexibility index (Phi) is 4.84. The number of carbonyl (C=O) groups excluding carboxylic acids is 3. The maximum absolute atomic E-state index is 13.5. The van der Waals surface area contributed by atoms with Crippen molar-refractivity contribution in [1.82, 2.24) is 24.5 Å². The van der Waals surface area contributed by atoms with Crippen molar-refractivity contribution in [3.8, 4) is 0 Å². The molecule has 5 rings (SSSR count). The van der Waals surface area contributed by atoms with Crippen LogP contribution in [0.4, 0.5) is 0 Å². The normalized spacial score (nSPS) is 30.8. The zero-order valence-electron chi connectivity index (χ0n) is 18.3. The van der Waals surface area contributed by atoms with Gasteiger partial charge in [0, 0.05) is 57.0 Å². The Morgan fingerprint density at radius 3 is 2.29 bits per heavy atom. The Morgan fingerprint density at radius 1 is 1.13 bits per heavy atom. The number of carbonyl (C=O) groups is 3. The van der Waals surface area contributed by atoms with Crippen molar-refractivity contribution in [2.45, 2.75) is 51.5 Å². The van der Waals surface area contributed by atoms with Gasteiger partial charge >= 0.3 is 0 Å². The molecule has 0 aromatic carbocycles. The van der Waals surface area contributed by atoms with Crippen molar-refractivity contribution < 1.29 is 14.4 Å². The first-order chi connectivity index (χ1) is 14.8. The lowest BCUT2D eigenvalue weighted by Crippen LogP contribution is -2.50. The van der Waals surface area contributed by atoms with E-state index in [0.29, 0.717) is 56.3 Å². The SMILES string of the molecule is CCC(C(=O)N1CC23CCCC2(CN(C(=O)c2cnn(C)c2Cl)C3)C1)N1CCCC1=O. The Balaban J connectivity index is 1.35. The molecule has 1 aromatic rings. The molecule has 168 valence electrons. The van der Waals surface area contributed by atoms with Gasteiger partial charge in [-0.25, -0.2) is 0 Å². The van der Waals surface area contributed by atoms with Gasteiger partial charge in [0.05, 0.1) is 11.8 Å². The number of hydrogen-bond acceptors (Lipinski definition) is 4. The van der Waals surface area contributed by atoms with E-state index in [9.17, 15) is 14.4 Å². The standard InChI is InChI=1S/C22H30ClN5O3/c1-3-16(28-9-4-6-17(28)29)20(31)27-13-21-7-5-8-22(21,14-27)12-26(11-21)19(30)15-10-24-25(2)18(15)23/h10,16H,3-9,11-14H2,1-2H3. The van der Waals surface area contributed by atoms with Crippen molar-refractivity contribution in [2.75, 3.05) is 32.7 Å². The van der Waals surface area contributed by atoms with Crippen LogP contribution in [0.15, 0.2) is 6.20 Å². The second-order valence-corrected chi connectivity index (χ2v) is 10.2. The van der Waals surface area contributed by atoms with Gasteiger partial charge in [-0.1, -0.05) is 24.9 Å². The average Bonchev–Trinajstić information content (AvgIpc) is 3.48. The minimum atomic E-state index is -0.353. The van der Waals surface area contributed by atoms with E-state index in [1.807, 2.05) is 16.7 Å². The van der Waals surface area contributed by atoms with Gasteiger partial charge in [-0.2, -0.15) is 5.10 Å². The molecule has 3 amide bonds. The summed E-state index contributed by atoms with van der Waals surface area (Å²) in [6, 6.07) is -0.353. The highest BCUT2D eigenvalue weighted by molar-refractivity contribution is 6.32. The van der Waals surface area contributed by atoms with Crippen LogP contribution in [-0.2, 0) is 16.6 Å². The van der Waals surface area contributed by atoms with Gasteiger partial charge in [-0.3, -0.25) is 19.1 Å². The molecule has 1 aromatic heterocycles. The fourth-order valence-corrected chi connectivity index (χ4v) is 6.90. The molecular weight excluding hydrogens is 418 g/mol. The summed E-state index contributed by atoms with van der Waals surface area (Å²) in [4.78, 5) is 44.6. The van der Waals surface area contributed by atoms with Crippen molar-refractivity contribution in [2.24, 2.45) is 17.9 Å². The lowest BCUT2D eigenvalue weighted by molar-refractivity contribution is -0.143. The van der Waals surface area contributed by atoms with E-state index in [-0.39, 0.29) is 34.6 Å². The van der Waals surface area contributed by atoms with Crippen LogP contribution in [0.5, 0.6) is 0 Å². The van der Waals surface area contributed by atoms with Gasteiger partial charge in [0.1, 0.15) is 11.2 Å². The van der Waals surface area contributed by atoms with Gasteiger partial charge < -0.3 is 14.7 Å². The number of aryl methyl sites for hydroxylation is 1. The van der Waals surface area contributed by atoms with Crippen LogP contribution in [0.1, 0.15) is 55.8 Å². The second-order valence-electron chi connectivity index (χ2n) is 9.86. The highest BCUT2D eigenvalue weighted by atomic mass is 35.5. The molecule has 4 aliphatic rings. The number of hydrogen-bond donors (Lipinski definition) is 0. The van der Waals surface area contributed by atoms with Crippen LogP contribution in [0, 0.1) is 10.8 Å². The zero-order valence-corrected chi connectivity index (χ0v) is 19.0. The number of likely N-dealkylation sites (tertiary alicyclic amines) is 3. The topological polar surface area (TPSA) is 78.8 Å². The van der Waals surface area contributed by atoms with Crippen LogP contribution >= 0.6 is 11.6 Å². The molecule has 3 atom stereocenters. The number of amides is 3. The molecule has 0 spiro atoms. The molecule has 3 saturated heterocycles. The molecule has 4 heterocycles. The van der Waals surface area contributed by atoms with Crippen molar-refractivity contribution in [3.05, 3.63) is 16.9 Å². The average molecular weight is 448 g/mol. The first-order valence-corrected chi connectivity index (χ1v) is 11.7. The Bertz CT molecular complexity index is 926. The highest BCUT2D eigenvalue weighted by Crippen LogP contribution is 2.62. The van der Waals surface area contributed by atoms with Crippen LogP contribution < -0.4 is 0 Å². The van der Waals surface area contributed by atoms with E-state index in [2.05, 4.69) is 5.10 Å². The highest BCUT2D eigenvalue weighted by Gasteiger charge is 2.66. The summed E-state index contributed by atoms with van der Waals surface area (Å²) in [6.45, 7) is 5.33. The van der Waals surface area contributed by atoms with Gasteiger partial charge in [-0.05, 0) is 25.7 Å². The lowest BCUT2D eigenvalue weighted by Gasteiger charge is -2.32. The van der Waals surface area contributed by atoms with E-state index < -0.39 is 0 Å². The summed E-state index contributed by atoms with van der Waals surface area (Å²) in [6.07, 6.45) is 6.76. The minimum Gasteiger partial charge on any atom is -0.340 e. The molecule has 1 saturated carbocycles. The molecule has 31 heavy (non-hydrogen) atoms. The van der Waals surface area contributed by atoms with Crippen LogP contribution in [-0.4, -0.2) is 81.0 Å². The monoisotopic (exact) mass is 447 g/mol. The summed E-state index contributed by atoms with van der Waals surface area (Å²) >= 11 is 6.28. The van der Waals surface area contributed by atoms with Crippen molar-refractivity contribution in [1.29, 1.82) is 0 Å². The predicted octanol–water partition coefficient (Wildman–Crippen LogP) is 1.93. The summed E-state index contributed by atoms with van der Waals surface area (Å²) in [5, 5.41) is 4.47. The maximum atomic E-state index is 13.5. The number of aromatic nitrogens is 2. The predicted molar refractivity (Wildman–Crippen MR) is 114 cm³/mol. The summed E-state index contributed by atoms with van der Waals surface area (Å²) in [5.41, 5.74) is 0.335. The third-order valence-corrected chi connectivity index (χ3v) is 8.71. The first kappa shape index (κ1) is 20.8. The van der Waals surface area contributed by atoms with Gasteiger partial charge in [-0.15, -0.1) is 0 Å². The smallest absolute Gasteiger partial charge is 0.258 e. The van der Waals surface area contributed by atoms with E-state index in [1.54, 1.807) is 18.1 Å². The number of rotatable bonds is 4. The molecule has 9 heteroatoms. The van der Waals surface area contributed by atoms with E-state index >= 15 is 0 Å². The Hall–Kier alpha value is -2.09. The van der Waals surface area contributed by atoms with E-state index in [4.69, 9.17) is 11.6 Å². The van der Waals surface area contributed by atoms with Crippen LogP contribution in [0.3, 0.4) is 0 Å². The molecule has 8 nitrogen and oxygen atoms in total. The molecule has 0 radical (unpaired) electrons. The molecule has 3 aliphatic heterocycles. The van der Waals surface area contributed by atoms with E-state index in [1.165, 1.54) is 4.68 Å². The quantitative estimate of drug-likeness (QED) is 0.706. The van der Waals surface area contributed by atoms with Gasteiger partial charge in [0.15, 0.2) is 0 Å². The van der Waals surface area contributed by atoms with Crippen LogP contribution in [0.2, 0.25) is 5.15 Å². The summed E-state index contributed by atoms with van der Waals surface area (Å²) in [5.74, 6) is 0.113. The Morgan fingerprint density at radius 2 is 1.77 bits per heavy atom. The molecule has 1 aliphatic carbocycles. The van der Waals surface area contributed by atoms with Crippen molar-refractivity contribution >= 4 is 29.3 Å². The van der Waals surface area contributed by atoms with Gasteiger partial charge in [0.25, 0.3) is 5.91 Å². The molecule has 4 fully saturated rings. The third kappa shape index (κ3) is 2.93. The minimum absolute atomic E-state index is 0.0552. The third-order valence-electron chi connectivity index (χ3n) is 8.26. The molecule has 3 unspecified atom stereocenters. The second kappa shape index (κ2) is 7.22. The largest absolute Gasteiger partial charge is 0.340 e. The fourth-order valence-electron chi connectivity index (χ4n) is 6.73. The van der Waals surface area contributed by atoms with Crippen molar-refractivity contribution in [3.63, 3.8) is 0 Å². The van der Waals surface area contributed by atoms with Crippen LogP contribution in [0.25, 0.3) is 0 Å². The number of halogens is 1. The summed E-state index contributed by atoms with van der Waals surface area (Å²) < 4.78 is 1.51. The molecule has 0 bridgehead atoms. The van der Waals surface area contributed by atoms with E-state index in [0.717, 1.165) is 25.7 Å².